The van der Waals surface area contributed by atoms with Crippen molar-refractivity contribution in [2.45, 2.75) is 12.8 Å². The maximum Gasteiger partial charge on any atom is 0.347 e. The monoisotopic (exact) mass is 368 g/mol. The van der Waals surface area contributed by atoms with Gasteiger partial charge in [0.15, 0.2) is 5.13 Å². The number of hydrogen-bond donors (Lipinski definition) is 1. The molecule has 4 rings (SSSR count). The van der Waals surface area contributed by atoms with E-state index in [0.717, 1.165) is 29.2 Å². The molecule has 0 bridgehead atoms. The first-order valence-corrected chi connectivity index (χ1v) is 9.50. The average molecular weight is 368 g/mol. The number of ether oxygens (including phenoxy) is 1. The Hall–Kier alpha value is -2.44. The highest BCUT2D eigenvalue weighted by Crippen LogP contribution is 2.35. The summed E-state index contributed by atoms with van der Waals surface area (Å²) in [5, 5.41) is 12.8. The first-order valence-electron chi connectivity index (χ1n) is 8.69. The summed E-state index contributed by atoms with van der Waals surface area (Å²) in [6.45, 7) is 4.82. The van der Waals surface area contributed by atoms with Crippen LogP contribution in [0.25, 0.3) is 10.8 Å². The zero-order chi connectivity index (χ0) is 18.1. The summed E-state index contributed by atoms with van der Waals surface area (Å²) >= 11 is 1.26. The number of carboxylic acid groups (broad SMARTS) is 1. The van der Waals surface area contributed by atoms with Gasteiger partial charge in [-0.3, -0.25) is 0 Å². The summed E-state index contributed by atoms with van der Waals surface area (Å²) in [6, 6.07) is 14.4. The Balaban J connectivity index is 1.72. The molecule has 1 fully saturated rings. The van der Waals surface area contributed by atoms with Crippen LogP contribution in [0.15, 0.2) is 42.5 Å². The van der Waals surface area contributed by atoms with Gasteiger partial charge in [-0.2, -0.15) is 0 Å². The number of fused-ring (bicyclic) bond motifs is 1. The third-order valence-corrected chi connectivity index (χ3v) is 5.92. The van der Waals surface area contributed by atoms with Gasteiger partial charge in [-0.15, -0.1) is 0 Å². The van der Waals surface area contributed by atoms with Gasteiger partial charge in [0.05, 0.1) is 18.9 Å². The summed E-state index contributed by atoms with van der Waals surface area (Å²) < 4.78 is 5.38. The number of nitrogens with zero attached hydrogens (tertiary/aromatic N) is 2. The highest BCUT2D eigenvalue weighted by molar-refractivity contribution is 7.17. The molecule has 1 aliphatic heterocycles. The van der Waals surface area contributed by atoms with Crippen molar-refractivity contribution in [2.75, 3.05) is 31.2 Å². The lowest BCUT2D eigenvalue weighted by molar-refractivity contribution is 0.0700. The Kier molecular flexibility index (Phi) is 4.61. The molecule has 2 aromatic carbocycles. The second-order valence-electron chi connectivity index (χ2n) is 6.44. The smallest absolute Gasteiger partial charge is 0.347 e. The Labute approximate surface area is 155 Å². The predicted molar refractivity (Wildman–Crippen MR) is 104 cm³/mol. The van der Waals surface area contributed by atoms with Crippen LogP contribution in [-0.2, 0) is 4.74 Å². The summed E-state index contributed by atoms with van der Waals surface area (Å²) in [5.41, 5.74) is 1.71. The van der Waals surface area contributed by atoms with E-state index >= 15 is 0 Å². The minimum Gasteiger partial charge on any atom is -0.477 e. The van der Waals surface area contributed by atoms with Crippen molar-refractivity contribution in [1.29, 1.82) is 0 Å². The van der Waals surface area contributed by atoms with Crippen LogP contribution < -0.4 is 4.90 Å². The molecule has 0 aliphatic carbocycles. The van der Waals surface area contributed by atoms with E-state index < -0.39 is 5.97 Å². The van der Waals surface area contributed by atoms with E-state index in [1.165, 1.54) is 16.7 Å². The fourth-order valence-electron chi connectivity index (χ4n) is 3.29. The van der Waals surface area contributed by atoms with Crippen LogP contribution in [0.1, 0.15) is 33.8 Å². The largest absolute Gasteiger partial charge is 0.477 e. The molecule has 3 aromatic rings. The Morgan fingerprint density at radius 3 is 2.65 bits per heavy atom. The van der Waals surface area contributed by atoms with E-state index in [4.69, 9.17) is 9.72 Å². The minimum atomic E-state index is -0.912. The normalized spacial score (nSPS) is 16.0. The van der Waals surface area contributed by atoms with Crippen molar-refractivity contribution < 1.29 is 14.6 Å². The van der Waals surface area contributed by atoms with Crippen molar-refractivity contribution in [3.8, 4) is 0 Å². The van der Waals surface area contributed by atoms with Gasteiger partial charge >= 0.3 is 5.97 Å². The first-order chi connectivity index (χ1) is 12.6. The molecule has 0 radical (unpaired) electrons. The Morgan fingerprint density at radius 1 is 1.19 bits per heavy atom. The van der Waals surface area contributed by atoms with Gasteiger partial charge in [0, 0.05) is 19.0 Å². The van der Waals surface area contributed by atoms with Crippen molar-refractivity contribution in [3.05, 3.63) is 58.6 Å². The lowest BCUT2D eigenvalue weighted by Crippen LogP contribution is -2.36. The van der Waals surface area contributed by atoms with Crippen molar-refractivity contribution in [1.82, 2.24) is 4.98 Å². The molecule has 0 amide bonds. The average Bonchev–Trinajstić information content (AvgIpc) is 3.13. The quantitative estimate of drug-likeness (QED) is 0.755. The number of aromatic nitrogens is 1. The topological polar surface area (TPSA) is 62.7 Å². The number of hydrogen-bond acceptors (Lipinski definition) is 5. The van der Waals surface area contributed by atoms with Crippen molar-refractivity contribution >= 4 is 33.2 Å². The zero-order valence-electron chi connectivity index (χ0n) is 14.5. The third-order valence-electron chi connectivity index (χ3n) is 4.80. The third kappa shape index (κ3) is 3.18. The van der Waals surface area contributed by atoms with Crippen LogP contribution in [0.2, 0.25) is 0 Å². The molecule has 0 spiro atoms. The molecule has 26 heavy (non-hydrogen) atoms. The number of thiazole rings is 1. The molecule has 134 valence electrons. The number of benzene rings is 2. The molecule has 5 nitrogen and oxygen atoms in total. The predicted octanol–water partition coefficient (Wildman–Crippen LogP) is 3.98. The van der Waals surface area contributed by atoms with Gasteiger partial charge in [-0.05, 0) is 16.3 Å². The molecule has 0 saturated carbocycles. The highest BCUT2D eigenvalue weighted by atomic mass is 32.1. The zero-order valence-corrected chi connectivity index (χ0v) is 15.3. The SMILES string of the molecule is CC(c1ccc2ccccc2c1)c1nc(N2CCOCC2)sc1C(=O)O. The maximum absolute atomic E-state index is 11.8. The minimum absolute atomic E-state index is 0.0863. The molecule has 1 unspecified atom stereocenters. The number of carbonyl (C=O) groups is 1. The van der Waals surface area contributed by atoms with E-state index in [1.54, 1.807) is 0 Å². The van der Waals surface area contributed by atoms with Crippen LogP contribution in [0.4, 0.5) is 5.13 Å². The van der Waals surface area contributed by atoms with Gasteiger partial charge in [0.25, 0.3) is 0 Å². The highest BCUT2D eigenvalue weighted by Gasteiger charge is 2.26. The van der Waals surface area contributed by atoms with Crippen molar-refractivity contribution in [3.63, 3.8) is 0 Å². The Morgan fingerprint density at radius 2 is 1.92 bits per heavy atom. The number of carboxylic acids is 1. The van der Waals surface area contributed by atoms with Crippen LogP contribution in [0, 0.1) is 0 Å². The standard InChI is InChI=1S/C20H20N2O3S/c1-13(15-7-6-14-4-2-3-5-16(14)12-15)17-18(19(23)24)26-20(21-17)22-8-10-25-11-9-22/h2-7,12-13H,8-11H2,1H3,(H,23,24). The molecule has 2 heterocycles. The summed E-state index contributed by atoms with van der Waals surface area (Å²) in [7, 11) is 0. The Bertz CT molecular complexity index is 947. The van der Waals surface area contributed by atoms with E-state index in [2.05, 4.69) is 35.2 Å². The fourth-order valence-corrected chi connectivity index (χ4v) is 4.34. The molecule has 1 saturated heterocycles. The maximum atomic E-state index is 11.8. The van der Waals surface area contributed by atoms with E-state index in [0.29, 0.717) is 23.8 Å². The fraction of sp³-hybridized carbons (Fsp3) is 0.300. The lowest BCUT2D eigenvalue weighted by atomic mass is 9.94. The van der Waals surface area contributed by atoms with Crippen molar-refractivity contribution in [2.24, 2.45) is 0 Å². The van der Waals surface area contributed by atoms with Crippen LogP contribution >= 0.6 is 11.3 Å². The number of rotatable bonds is 4. The summed E-state index contributed by atoms with van der Waals surface area (Å²) in [6.07, 6.45) is 0. The van der Waals surface area contributed by atoms with Gasteiger partial charge in [-0.25, -0.2) is 9.78 Å². The van der Waals surface area contributed by atoms with Crippen LogP contribution in [-0.4, -0.2) is 42.4 Å². The number of anilines is 1. The molecule has 1 N–H and O–H groups in total. The molecule has 1 aliphatic rings. The van der Waals surface area contributed by atoms with Gasteiger partial charge in [0.2, 0.25) is 0 Å². The van der Waals surface area contributed by atoms with Crippen LogP contribution in [0.3, 0.4) is 0 Å². The molecule has 6 heteroatoms. The first kappa shape index (κ1) is 17.0. The van der Waals surface area contributed by atoms with Gasteiger partial charge < -0.3 is 14.7 Å². The summed E-state index contributed by atoms with van der Waals surface area (Å²) in [5.74, 6) is -0.999. The molecular formula is C20H20N2O3S. The van der Waals surface area contributed by atoms with Gasteiger partial charge in [-0.1, -0.05) is 60.7 Å². The number of morpholine rings is 1. The summed E-state index contributed by atoms with van der Waals surface area (Å²) in [4.78, 5) is 18.9. The van der Waals surface area contributed by atoms with Crippen LogP contribution in [0.5, 0.6) is 0 Å². The van der Waals surface area contributed by atoms with E-state index in [1.807, 2.05) is 19.1 Å². The van der Waals surface area contributed by atoms with E-state index in [-0.39, 0.29) is 5.92 Å². The second kappa shape index (κ2) is 7.05. The molecular weight excluding hydrogens is 348 g/mol. The molecule has 1 aromatic heterocycles. The van der Waals surface area contributed by atoms with E-state index in [9.17, 15) is 9.90 Å². The molecule has 1 atom stereocenters. The van der Waals surface area contributed by atoms with Gasteiger partial charge in [0.1, 0.15) is 4.88 Å². The lowest BCUT2D eigenvalue weighted by Gasteiger charge is -2.26. The second-order valence-corrected chi connectivity index (χ2v) is 7.42. The number of aromatic carboxylic acids is 1.